The lowest BCUT2D eigenvalue weighted by atomic mass is 10.0. The van der Waals surface area contributed by atoms with Gasteiger partial charge in [-0.25, -0.2) is 15.0 Å². The minimum absolute atomic E-state index is 0.612. The molecular formula is C51H30N4OS. The smallest absolute Gasteiger partial charge is 0.164 e. The summed E-state index contributed by atoms with van der Waals surface area (Å²) in [5, 5.41) is 6.97. The second-order valence-electron chi connectivity index (χ2n) is 14.4. The number of hydrogen-bond donors (Lipinski definition) is 0. The average molecular weight is 747 g/mol. The number of rotatable bonds is 5. The summed E-state index contributed by atoms with van der Waals surface area (Å²) in [6, 6.07) is 63.9. The number of hydrogen-bond acceptors (Lipinski definition) is 5. The van der Waals surface area contributed by atoms with Gasteiger partial charge in [0.2, 0.25) is 0 Å². The maximum absolute atomic E-state index is 6.42. The molecule has 0 N–H and O–H groups in total. The second kappa shape index (κ2) is 12.6. The fraction of sp³-hybridized carbons (Fsp3) is 0. The van der Waals surface area contributed by atoms with Crippen molar-refractivity contribution in [3.05, 3.63) is 182 Å². The summed E-state index contributed by atoms with van der Waals surface area (Å²) < 4.78 is 11.3. The summed E-state index contributed by atoms with van der Waals surface area (Å²) in [7, 11) is 0. The Bertz CT molecular complexity index is 3530. The Morgan fingerprint density at radius 3 is 1.65 bits per heavy atom. The fourth-order valence-electron chi connectivity index (χ4n) is 8.32. The summed E-state index contributed by atoms with van der Waals surface area (Å²) in [6.07, 6.45) is 0. The summed E-state index contributed by atoms with van der Waals surface area (Å²) in [6.45, 7) is 0. The van der Waals surface area contributed by atoms with E-state index in [9.17, 15) is 0 Å². The maximum atomic E-state index is 6.42. The van der Waals surface area contributed by atoms with Gasteiger partial charge < -0.3 is 8.98 Å². The van der Waals surface area contributed by atoms with Gasteiger partial charge in [0.05, 0.1) is 11.0 Å². The van der Waals surface area contributed by atoms with Crippen molar-refractivity contribution in [3.63, 3.8) is 0 Å². The molecule has 0 fully saturated rings. The van der Waals surface area contributed by atoms with E-state index in [0.717, 1.165) is 55.4 Å². The van der Waals surface area contributed by atoms with Crippen LogP contribution in [-0.4, -0.2) is 19.5 Å². The first-order valence-electron chi connectivity index (χ1n) is 19.0. The predicted octanol–water partition coefficient (Wildman–Crippen LogP) is 13.9. The first-order valence-corrected chi connectivity index (χ1v) is 19.8. The molecule has 4 aromatic heterocycles. The molecule has 0 aliphatic carbocycles. The Kier molecular flexibility index (Phi) is 7.03. The van der Waals surface area contributed by atoms with Crippen LogP contribution in [0.2, 0.25) is 0 Å². The van der Waals surface area contributed by atoms with Crippen LogP contribution in [0.4, 0.5) is 0 Å². The number of aromatic nitrogens is 4. The molecule has 5 nitrogen and oxygen atoms in total. The molecule has 0 aliphatic heterocycles. The second-order valence-corrected chi connectivity index (χ2v) is 15.5. The lowest BCUT2D eigenvalue weighted by Gasteiger charge is -2.09. The number of benzene rings is 8. The molecule has 0 atom stereocenters. The highest BCUT2D eigenvalue weighted by molar-refractivity contribution is 7.25. The van der Waals surface area contributed by atoms with Crippen molar-refractivity contribution in [1.82, 2.24) is 19.5 Å². The molecule has 6 heteroatoms. The number of para-hydroxylation sites is 2. The topological polar surface area (TPSA) is 56.7 Å². The van der Waals surface area contributed by atoms with Crippen LogP contribution in [0.5, 0.6) is 0 Å². The van der Waals surface area contributed by atoms with E-state index < -0.39 is 0 Å². The first kappa shape index (κ1) is 31.9. The van der Waals surface area contributed by atoms with Crippen LogP contribution in [0.25, 0.3) is 115 Å². The highest BCUT2D eigenvalue weighted by Crippen LogP contribution is 2.39. The molecule has 0 aliphatic rings. The van der Waals surface area contributed by atoms with E-state index in [-0.39, 0.29) is 0 Å². The highest BCUT2D eigenvalue weighted by Gasteiger charge is 2.18. The maximum Gasteiger partial charge on any atom is 0.164 e. The van der Waals surface area contributed by atoms with Crippen molar-refractivity contribution >= 4 is 75.3 Å². The Morgan fingerprint density at radius 1 is 0.351 bits per heavy atom. The van der Waals surface area contributed by atoms with Crippen molar-refractivity contribution in [2.75, 3.05) is 0 Å². The van der Waals surface area contributed by atoms with Gasteiger partial charge in [0.15, 0.2) is 17.5 Å². The third-order valence-corrected chi connectivity index (χ3v) is 12.2. The molecule has 0 bridgehead atoms. The van der Waals surface area contributed by atoms with Gasteiger partial charge in [0.25, 0.3) is 0 Å². The number of fused-ring (bicyclic) bond motifs is 9. The van der Waals surface area contributed by atoms with E-state index >= 15 is 0 Å². The lowest BCUT2D eigenvalue weighted by Crippen LogP contribution is -2.00. The quantitative estimate of drug-likeness (QED) is 0.176. The van der Waals surface area contributed by atoms with Gasteiger partial charge in [-0.05, 0) is 90.0 Å². The molecule has 0 saturated heterocycles. The van der Waals surface area contributed by atoms with E-state index in [1.54, 1.807) is 11.3 Å². The minimum atomic E-state index is 0.612. The van der Waals surface area contributed by atoms with Gasteiger partial charge in [-0.1, -0.05) is 103 Å². The monoisotopic (exact) mass is 746 g/mol. The number of furan rings is 1. The molecule has 266 valence electrons. The van der Waals surface area contributed by atoms with Crippen LogP contribution in [0.1, 0.15) is 0 Å². The first-order chi connectivity index (χ1) is 28.2. The largest absolute Gasteiger partial charge is 0.456 e. The van der Waals surface area contributed by atoms with Crippen LogP contribution in [0.15, 0.2) is 186 Å². The van der Waals surface area contributed by atoms with Crippen molar-refractivity contribution in [1.29, 1.82) is 0 Å². The Hall–Kier alpha value is -7.41. The molecule has 57 heavy (non-hydrogen) atoms. The molecule has 0 amide bonds. The van der Waals surface area contributed by atoms with Crippen LogP contribution in [-0.2, 0) is 0 Å². The van der Waals surface area contributed by atoms with Gasteiger partial charge in [-0.3, -0.25) is 0 Å². The zero-order valence-electron chi connectivity index (χ0n) is 30.4. The van der Waals surface area contributed by atoms with Gasteiger partial charge in [-0.2, -0.15) is 0 Å². The zero-order valence-corrected chi connectivity index (χ0v) is 31.2. The van der Waals surface area contributed by atoms with E-state index in [1.165, 1.54) is 42.0 Å². The predicted molar refractivity (Wildman–Crippen MR) is 236 cm³/mol. The van der Waals surface area contributed by atoms with E-state index in [1.807, 2.05) is 42.5 Å². The minimum Gasteiger partial charge on any atom is -0.456 e. The van der Waals surface area contributed by atoms with Crippen LogP contribution in [0, 0.1) is 0 Å². The van der Waals surface area contributed by atoms with Crippen molar-refractivity contribution < 1.29 is 4.42 Å². The van der Waals surface area contributed by atoms with Crippen LogP contribution >= 0.6 is 11.3 Å². The average Bonchev–Trinajstić information content (AvgIpc) is 3.95. The summed E-state index contributed by atoms with van der Waals surface area (Å²) in [5.74, 6) is 1.88. The molecule has 12 aromatic rings. The highest BCUT2D eigenvalue weighted by atomic mass is 32.1. The molecule has 0 radical (unpaired) electrons. The standard InChI is InChI=1S/C51H30N4OS/c1-3-11-31(12-4-1)49-52-50(54-51(53-49)35-22-26-48-42(29-35)39-16-8-10-18-47(39)57-48)34-21-25-46-41(28-34)40-27-32(20-24-45(40)56-46)33-19-23-38-37-15-7-9-17-43(37)55(44(38)30-33)36-13-5-2-6-14-36/h1-30H. The molecule has 0 spiro atoms. The molecule has 12 rings (SSSR count). The summed E-state index contributed by atoms with van der Waals surface area (Å²) >= 11 is 1.81. The zero-order chi connectivity index (χ0) is 37.5. The summed E-state index contributed by atoms with van der Waals surface area (Å²) in [5.41, 5.74) is 10.2. The van der Waals surface area contributed by atoms with Crippen molar-refractivity contribution in [2.24, 2.45) is 0 Å². The SMILES string of the molecule is c1ccc(-c2nc(-c3ccc4oc5ccc(-c6ccc7c8ccccc8n(-c8ccccc8)c7c6)cc5c4c3)nc(-c3ccc4sc5ccccc5c4c3)n2)cc1. The third-order valence-electron chi connectivity index (χ3n) is 11.1. The number of thiophene rings is 1. The fourth-order valence-corrected chi connectivity index (χ4v) is 9.40. The molecule has 0 saturated carbocycles. The molecule has 8 aromatic carbocycles. The number of nitrogens with zero attached hydrogens (tertiary/aromatic N) is 4. The van der Waals surface area contributed by atoms with Gasteiger partial charge >= 0.3 is 0 Å². The van der Waals surface area contributed by atoms with Crippen LogP contribution < -0.4 is 0 Å². The van der Waals surface area contributed by atoms with Crippen LogP contribution in [0.3, 0.4) is 0 Å². The normalized spacial score (nSPS) is 11.9. The molecular weight excluding hydrogens is 717 g/mol. The Balaban J connectivity index is 1.00. The van der Waals surface area contributed by atoms with E-state index in [2.05, 4.69) is 144 Å². The van der Waals surface area contributed by atoms with Crippen molar-refractivity contribution in [3.8, 4) is 51.0 Å². The molecule has 4 heterocycles. The van der Waals surface area contributed by atoms with Gasteiger partial charge in [0.1, 0.15) is 11.2 Å². The van der Waals surface area contributed by atoms with Crippen molar-refractivity contribution in [2.45, 2.75) is 0 Å². The molecule has 0 unspecified atom stereocenters. The van der Waals surface area contributed by atoms with Gasteiger partial charge in [-0.15, -0.1) is 11.3 Å². The van der Waals surface area contributed by atoms with Gasteiger partial charge in [0, 0.05) is 64.1 Å². The third kappa shape index (κ3) is 5.19. The van der Waals surface area contributed by atoms with E-state index in [0.29, 0.717) is 17.5 Å². The lowest BCUT2D eigenvalue weighted by molar-refractivity contribution is 0.669. The Labute approximate surface area is 330 Å². The summed E-state index contributed by atoms with van der Waals surface area (Å²) in [4.78, 5) is 15.2. The van der Waals surface area contributed by atoms with E-state index in [4.69, 9.17) is 19.4 Å². The Morgan fingerprint density at radius 2 is 0.877 bits per heavy atom.